The lowest BCUT2D eigenvalue weighted by Gasteiger charge is -2.10. The molecule has 0 unspecified atom stereocenters. The highest BCUT2D eigenvalue weighted by molar-refractivity contribution is 7.80. The standard InChI is InChI=1S/C12H17NO2S/c1-3-4-5-12(16)13-10-7-6-9(15-2)8-11(10)14/h6-8,14H,3-5H2,1-2H3,(H,13,16). The molecule has 0 saturated heterocycles. The quantitative estimate of drug-likeness (QED) is 0.611. The van der Waals surface area contributed by atoms with Gasteiger partial charge >= 0.3 is 0 Å². The minimum Gasteiger partial charge on any atom is -0.506 e. The van der Waals surface area contributed by atoms with Crippen molar-refractivity contribution in [3.05, 3.63) is 18.2 Å². The van der Waals surface area contributed by atoms with E-state index in [1.165, 1.54) is 0 Å². The second-order valence-electron chi connectivity index (χ2n) is 3.53. The zero-order valence-electron chi connectivity index (χ0n) is 9.62. The van der Waals surface area contributed by atoms with Gasteiger partial charge in [0, 0.05) is 6.07 Å². The molecule has 4 heteroatoms. The number of ether oxygens (including phenoxy) is 1. The molecule has 0 aliphatic heterocycles. The molecule has 0 fully saturated rings. The first-order chi connectivity index (χ1) is 7.67. The average Bonchev–Trinajstić information content (AvgIpc) is 2.29. The van der Waals surface area contributed by atoms with Crippen LogP contribution >= 0.6 is 12.2 Å². The molecule has 0 amide bonds. The van der Waals surface area contributed by atoms with Crippen molar-refractivity contribution in [3.8, 4) is 11.5 Å². The highest BCUT2D eigenvalue weighted by Crippen LogP contribution is 2.28. The first-order valence-corrected chi connectivity index (χ1v) is 5.75. The summed E-state index contributed by atoms with van der Waals surface area (Å²) in [5.74, 6) is 0.778. The van der Waals surface area contributed by atoms with Gasteiger partial charge in [-0.25, -0.2) is 0 Å². The van der Waals surface area contributed by atoms with Crippen molar-refractivity contribution in [1.82, 2.24) is 0 Å². The molecular formula is C12H17NO2S. The molecule has 0 spiro atoms. The summed E-state index contributed by atoms with van der Waals surface area (Å²) in [6, 6.07) is 5.10. The van der Waals surface area contributed by atoms with Gasteiger partial charge < -0.3 is 15.2 Å². The summed E-state index contributed by atoms with van der Waals surface area (Å²) in [6.45, 7) is 2.12. The first kappa shape index (κ1) is 12.8. The van der Waals surface area contributed by atoms with Gasteiger partial charge in [0.15, 0.2) is 0 Å². The number of nitrogens with one attached hydrogen (secondary N) is 1. The number of phenolic OH excluding ortho intramolecular Hbond substituents is 1. The lowest BCUT2D eigenvalue weighted by molar-refractivity contribution is 0.408. The Hall–Kier alpha value is -1.29. The number of hydrogen-bond donors (Lipinski definition) is 2. The predicted molar refractivity (Wildman–Crippen MR) is 70.4 cm³/mol. The minimum atomic E-state index is 0.151. The summed E-state index contributed by atoms with van der Waals surface area (Å²) in [5, 5.41) is 12.7. The Morgan fingerprint density at radius 1 is 1.50 bits per heavy atom. The molecule has 0 heterocycles. The van der Waals surface area contributed by atoms with E-state index in [9.17, 15) is 5.11 Å². The molecule has 1 aromatic carbocycles. The Balaban J connectivity index is 2.63. The van der Waals surface area contributed by atoms with Crippen LogP contribution in [0.15, 0.2) is 18.2 Å². The van der Waals surface area contributed by atoms with Gasteiger partial charge in [-0.2, -0.15) is 0 Å². The van der Waals surface area contributed by atoms with Crippen molar-refractivity contribution in [2.75, 3.05) is 12.4 Å². The van der Waals surface area contributed by atoms with E-state index in [4.69, 9.17) is 17.0 Å². The smallest absolute Gasteiger partial charge is 0.142 e. The van der Waals surface area contributed by atoms with Crippen LogP contribution in [0.2, 0.25) is 0 Å². The largest absolute Gasteiger partial charge is 0.506 e. The summed E-state index contributed by atoms with van der Waals surface area (Å²) in [5.41, 5.74) is 0.627. The van der Waals surface area contributed by atoms with Gasteiger partial charge in [0.2, 0.25) is 0 Å². The van der Waals surface area contributed by atoms with Gasteiger partial charge in [-0.1, -0.05) is 25.6 Å². The van der Waals surface area contributed by atoms with Gasteiger partial charge in [-0.3, -0.25) is 0 Å². The van der Waals surface area contributed by atoms with Crippen molar-refractivity contribution in [3.63, 3.8) is 0 Å². The van der Waals surface area contributed by atoms with Crippen LogP contribution in [0.3, 0.4) is 0 Å². The summed E-state index contributed by atoms with van der Waals surface area (Å²) in [7, 11) is 1.56. The topological polar surface area (TPSA) is 41.5 Å². The number of methoxy groups -OCH3 is 1. The minimum absolute atomic E-state index is 0.151. The summed E-state index contributed by atoms with van der Waals surface area (Å²) < 4.78 is 5.00. The van der Waals surface area contributed by atoms with Crippen LogP contribution in [0.25, 0.3) is 0 Å². The zero-order valence-corrected chi connectivity index (χ0v) is 10.4. The number of thiocarbonyl (C=S) groups is 1. The number of aromatic hydroxyl groups is 1. The molecule has 0 aliphatic carbocycles. The van der Waals surface area contributed by atoms with Gasteiger partial charge in [-0.05, 0) is 25.0 Å². The van der Waals surface area contributed by atoms with E-state index in [1.807, 2.05) is 0 Å². The molecule has 16 heavy (non-hydrogen) atoms. The maximum atomic E-state index is 9.69. The van der Waals surface area contributed by atoms with Crippen molar-refractivity contribution >= 4 is 22.9 Å². The maximum Gasteiger partial charge on any atom is 0.142 e. The third-order valence-electron chi connectivity index (χ3n) is 2.24. The molecule has 3 nitrogen and oxygen atoms in total. The second kappa shape index (κ2) is 6.33. The number of phenols is 1. The lowest BCUT2D eigenvalue weighted by Crippen LogP contribution is -2.08. The Morgan fingerprint density at radius 3 is 2.81 bits per heavy atom. The van der Waals surface area contributed by atoms with Crippen molar-refractivity contribution in [1.29, 1.82) is 0 Å². The second-order valence-corrected chi connectivity index (χ2v) is 4.03. The average molecular weight is 239 g/mol. The molecule has 0 atom stereocenters. The van der Waals surface area contributed by atoms with E-state index >= 15 is 0 Å². The third-order valence-corrected chi connectivity index (χ3v) is 2.54. The molecule has 1 aromatic rings. The molecular weight excluding hydrogens is 222 g/mol. The molecule has 1 rings (SSSR count). The normalized spacial score (nSPS) is 9.88. The number of anilines is 1. The van der Waals surface area contributed by atoms with E-state index in [2.05, 4.69) is 12.2 Å². The van der Waals surface area contributed by atoms with E-state index in [0.29, 0.717) is 11.4 Å². The lowest BCUT2D eigenvalue weighted by atomic mass is 10.2. The Labute approximate surface area is 101 Å². The third kappa shape index (κ3) is 3.70. The van der Waals surface area contributed by atoms with Crippen LogP contribution in [-0.4, -0.2) is 17.2 Å². The number of benzene rings is 1. The number of rotatable bonds is 5. The van der Waals surface area contributed by atoms with Gasteiger partial charge in [-0.15, -0.1) is 0 Å². The summed E-state index contributed by atoms with van der Waals surface area (Å²) >= 11 is 5.17. The van der Waals surface area contributed by atoms with E-state index in [1.54, 1.807) is 25.3 Å². The van der Waals surface area contributed by atoms with Crippen molar-refractivity contribution in [2.45, 2.75) is 26.2 Å². The fraction of sp³-hybridized carbons (Fsp3) is 0.417. The van der Waals surface area contributed by atoms with E-state index < -0.39 is 0 Å². The SMILES string of the molecule is CCCCC(=S)Nc1ccc(OC)cc1O. The number of unbranched alkanes of at least 4 members (excludes halogenated alkanes) is 1. The Morgan fingerprint density at radius 2 is 2.25 bits per heavy atom. The van der Waals surface area contributed by atoms with Gasteiger partial charge in [0.25, 0.3) is 0 Å². The van der Waals surface area contributed by atoms with Crippen LogP contribution in [0.1, 0.15) is 26.2 Å². The van der Waals surface area contributed by atoms with Crippen LogP contribution in [-0.2, 0) is 0 Å². The molecule has 2 N–H and O–H groups in total. The zero-order chi connectivity index (χ0) is 12.0. The van der Waals surface area contributed by atoms with Crippen LogP contribution < -0.4 is 10.1 Å². The summed E-state index contributed by atoms with van der Waals surface area (Å²) in [6.07, 6.45) is 3.01. The monoisotopic (exact) mass is 239 g/mol. The fourth-order valence-corrected chi connectivity index (χ4v) is 1.55. The van der Waals surface area contributed by atoms with Crippen molar-refractivity contribution in [2.24, 2.45) is 0 Å². The highest BCUT2D eigenvalue weighted by atomic mass is 32.1. The van der Waals surface area contributed by atoms with E-state index in [-0.39, 0.29) is 5.75 Å². The molecule has 0 aromatic heterocycles. The van der Waals surface area contributed by atoms with Gasteiger partial charge in [0.1, 0.15) is 11.5 Å². The molecule has 88 valence electrons. The highest BCUT2D eigenvalue weighted by Gasteiger charge is 2.04. The van der Waals surface area contributed by atoms with Crippen LogP contribution in [0.4, 0.5) is 5.69 Å². The Kier molecular flexibility index (Phi) is 5.05. The predicted octanol–water partition coefficient (Wildman–Crippen LogP) is 3.33. The first-order valence-electron chi connectivity index (χ1n) is 5.34. The Bertz CT molecular complexity index is 366. The van der Waals surface area contributed by atoms with Crippen LogP contribution in [0, 0.1) is 0 Å². The van der Waals surface area contributed by atoms with Gasteiger partial charge in [0.05, 0.1) is 17.8 Å². The fourth-order valence-electron chi connectivity index (χ4n) is 1.29. The molecule has 0 aliphatic rings. The number of hydrogen-bond acceptors (Lipinski definition) is 3. The summed E-state index contributed by atoms with van der Waals surface area (Å²) in [4.78, 5) is 0.752. The maximum absolute atomic E-state index is 9.69. The van der Waals surface area contributed by atoms with Crippen LogP contribution in [0.5, 0.6) is 11.5 Å². The molecule has 0 saturated carbocycles. The van der Waals surface area contributed by atoms with Crippen molar-refractivity contribution < 1.29 is 9.84 Å². The molecule has 0 bridgehead atoms. The van der Waals surface area contributed by atoms with E-state index in [0.717, 1.165) is 24.3 Å². The molecule has 0 radical (unpaired) electrons.